The lowest BCUT2D eigenvalue weighted by molar-refractivity contribution is 0.0689. The summed E-state index contributed by atoms with van der Waals surface area (Å²) in [5.74, 6) is -1.04. The molecule has 2 aromatic heterocycles. The molecule has 0 fully saturated rings. The van der Waals surface area contributed by atoms with E-state index in [1.165, 1.54) is 4.52 Å². The van der Waals surface area contributed by atoms with Gasteiger partial charge in [-0.1, -0.05) is 0 Å². The van der Waals surface area contributed by atoms with E-state index in [2.05, 4.69) is 26.0 Å². The van der Waals surface area contributed by atoms with Crippen molar-refractivity contribution in [3.63, 3.8) is 0 Å². The maximum absolute atomic E-state index is 10.8. The van der Waals surface area contributed by atoms with Crippen LogP contribution in [0.15, 0.2) is 16.9 Å². The third-order valence-electron chi connectivity index (χ3n) is 1.87. The Morgan fingerprint density at radius 1 is 1.64 bits per heavy atom. The zero-order chi connectivity index (χ0) is 10.3. The van der Waals surface area contributed by atoms with Gasteiger partial charge in [0.15, 0.2) is 11.3 Å². The minimum atomic E-state index is -1.04. The number of aromatic nitrogens is 3. The summed E-state index contributed by atoms with van der Waals surface area (Å²) in [6, 6.07) is 0. The van der Waals surface area contributed by atoms with Gasteiger partial charge >= 0.3 is 5.97 Å². The molecule has 2 aromatic rings. The van der Waals surface area contributed by atoms with Crippen LogP contribution in [0.5, 0.6) is 0 Å². The summed E-state index contributed by atoms with van der Waals surface area (Å²) in [6.45, 7) is 1.69. The van der Waals surface area contributed by atoms with Crippen LogP contribution in [0, 0.1) is 6.92 Å². The highest BCUT2D eigenvalue weighted by Gasteiger charge is 2.15. The fourth-order valence-electron chi connectivity index (χ4n) is 1.23. The summed E-state index contributed by atoms with van der Waals surface area (Å²) >= 11 is 3.23. The van der Waals surface area contributed by atoms with Gasteiger partial charge in [0.05, 0.1) is 4.47 Å². The van der Waals surface area contributed by atoms with Crippen molar-refractivity contribution in [1.82, 2.24) is 14.6 Å². The maximum Gasteiger partial charge on any atom is 0.356 e. The van der Waals surface area contributed by atoms with E-state index in [1.807, 2.05) is 0 Å². The third kappa shape index (κ3) is 1.27. The molecule has 2 heterocycles. The molecule has 0 unspecified atom stereocenters. The summed E-state index contributed by atoms with van der Waals surface area (Å²) in [7, 11) is 0. The Morgan fingerprint density at radius 3 is 3.00 bits per heavy atom. The molecular weight excluding hydrogens is 250 g/mol. The van der Waals surface area contributed by atoms with E-state index >= 15 is 0 Å². The Labute approximate surface area is 87.5 Å². The molecule has 14 heavy (non-hydrogen) atoms. The Hall–Kier alpha value is -1.43. The van der Waals surface area contributed by atoms with E-state index in [-0.39, 0.29) is 5.69 Å². The van der Waals surface area contributed by atoms with E-state index in [1.54, 1.807) is 19.3 Å². The number of halogens is 1. The summed E-state index contributed by atoms with van der Waals surface area (Å²) in [5.41, 5.74) is 1.17. The van der Waals surface area contributed by atoms with Crippen molar-refractivity contribution in [3.05, 3.63) is 28.1 Å². The van der Waals surface area contributed by atoms with E-state index in [0.717, 1.165) is 4.47 Å². The first-order valence-corrected chi connectivity index (χ1v) is 4.62. The molecule has 0 aliphatic heterocycles. The molecule has 2 rings (SSSR count). The highest BCUT2D eigenvalue weighted by molar-refractivity contribution is 9.10. The molecule has 0 aliphatic carbocycles. The minimum absolute atomic E-state index is 0.0376. The van der Waals surface area contributed by atoms with E-state index in [4.69, 9.17) is 5.11 Å². The largest absolute Gasteiger partial charge is 0.476 e. The Kier molecular flexibility index (Phi) is 1.99. The van der Waals surface area contributed by atoms with Crippen LogP contribution in [0.1, 0.15) is 16.1 Å². The molecule has 0 aromatic carbocycles. The molecule has 0 saturated carbocycles. The topological polar surface area (TPSA) is 67.5 Å². The number of carbonyl (C=O) groups is 1. The minimum Gasteiger partial charge on any atom is -0.476 e. The van der Waals surface area contributed by atoms with Gasteiger partial charge in [0.25, 0.3) is 0 Å². The highest BCUT2D eigenvalue weighted by atomic mass is 79.9. The van der Waals surface area contributed by atoms with Crippen LogP contribution in [0.25, 0.3) is 5.65 Å². The predicted octanol–water partition coefficient (Wildman–Crippen LogP) is 1.50. The van der Waals surface area contributed by atoms with Crippen molar-refractivity contribution in [2.75, 3.05) is 0 Å². The van der Waals surface area contributed by atoms with E-state index in [9.17, 15) is 4.79 Å². The Morgan fingerprint density at radius 2 is 2.36 bits per heavy atom. The molecule has 0 amide bonds. The predicted molar refractivity (Wildman–Crippen MR) is 52.4 cm³/mol. The number of fused-ring (bicyclic) bond motifs is 1. The summed E-state index contributed by atoms with van der Waals surface area (Å²) in [6.07, 6.45) is 3.28. The van der Waals surface area contributed by atoms with Crippen LogP contribution in [-0.2, 0) is 0 Å². The third-order valence-corrected chi connectivity index (χ3v) is 2.28. The number of hydrogen-bond donors (Lipinski definition) is 1. The number of aromatic carboxylic acids is 1. The Bertz CT molecular complexity index is 521. The second kappa shape index (κ2) is 3.06. The molecule has 0 atom stereocenters. The lowest BCUT2D eigenvalue weighted by Crippen LogP contribution is -1.99. The fourth-order valence-corrected chi connectivity index (χ4v) is 1.53. The second-order valence-electron chi connectivity index (χ2n) is 2.82. The summed E-state index contributed by atoms with van der Waals surface area (Å²) in [4.78, 5) is 14.8. The van der Waals surface area contributed by atoms with Crippen molar-refractivity contribution in [2.45, 2.75) is 6.92 Å². The molecule has 0 bridgehead atoms. The van der Waals surface area contributed by atoms with Crippen LogP contribution in [-0.4, -0.2) is 25.7 Å². The van der Waals surface area contributed by atoms with Crippen LogP contribution in [0.2, 0.25) is 0 Å². The molecule has 0 aliphatic rings. The van der Waals surface area contributed by atoms with Crippen LogP contribution in [0.4, 0.5) is 0 Å². The molecule has 5 nitrogen and oxygen atoms in total. The zero-order valence-electron chi connectivity index (χ0n) is 7.23. The number of carboxylic acids is 1. The molecule has 6 heteroatoms. The first kappa shape index (κ1) is 9.14. The normalized spacial score (nSPS) is 10.7. The van der Waals surface area contributed by atoms with Crippen molar-refractivity contribution < 1.29 is 9.90 Å². The zero-order valence-corrected chi connectivity index (χ0v) is 8.82. The van der Waals surface area contributed by atoms with Crippen molar-refractivity contribution in [1.29, 1.82) is 0 Å². The standard InChI is InChI=1S/C8H6BrN3O2/c1-4-6(8(13)14)11-12-3-5(9)2-10-7(4)12/h2-3H,1H3,(H,13,14). The number of aryl methyl sites for hydroxylation is 1. The summed E-state index contributed by atoms with van der Waals surface area (Å²) in [5, 5.41) is 12.7. The van der Waals surface area contributed by atoms with Gasteiger partial charge in [-0.3, -0.25) is 0 Å². The number of nitrogens with zero attached hydrogens (tertiary/aromatic N) is 3. The van der Waals surface area contributed by atoms with Crippen LogP contribution in [0.3, 0.4) is 0 Å². The first-order valence-electron chi connectivity index (χ1n) is 3.83. The average molecular weight is 256 g/mol. The quantitative estimate of drug-likeness (QED) is 0.839. The second-order valence-corrected chi connectivity index (χ2v) is 3.73. The monoisotopic (exact) mass is 255 g/mol. The number of rotatable bonds is 1. The van der Waals surface area contributed by atoms with Crippen molar-refractivity contribution >= 4 is 27.5 Å². The molecule has 72 valence electrons. The van der Waals surface area contributed by atoms with Crippen LogP contribution >= 0.6 is 15.9 Å². The molecule has 1 N–H and O–H groups in total. The van der Waals surface area contributed by atoms with Crippen molar-refractivity contribution in [2.24, 2.45) is 0 Å². The SMILES string of the molecule is Cc1c(C(=O)O)nn2cc(Br)cnc12. The van der Waals surface area contributed by atoms with Crippen LogP contribution < -0.4 is 0 Å². The number of carboxylic acid groups (broad SMARTS) is 1. The van der Waals surface area contributed by atoms with Gasteiger partial charge in [-0.05, 0) is 22.9 Å². The van der Waals surface area contributed by atoms with Gasteiger partial charge in [0.2, 0.25) is 0 Å². The molecule has 0 saturated heterocycles. The van der Waals surface area contributed by atoms with Gasteiger partial charge in [-0.15, -0.1) is 0 Å². The number of hydrogen-bond acceptors (Lipinski definition) is 3. The molecular formula is C8H6BrN3O2. The molecule has 0 spiro atoms. The first-order chi connectivity index (χ1) is 6.59. The van der Waals surface area contributed by atoms with E-state index < -0.39 is 5.97 Å². The average Bonchev–Trinajstić information content (AvgIpc) is 2.43. The highest BCUT2D eigenvalue weighted by Crippen LogP contribution is 2.15. The fraction of sp³-hybridized carbons (Fsp3) is 0.125. The van der Waals surface area contributed by atoms with Gasteiger partial charge in [0.1, 0.15) is 0 Å². The van der Waals surface area contributed by atoms with Gasteiger partial charge in [-0.2, -0.15) is 5.10 Å². The smallest absolute Gasteiger partial charge is 0.356 e. The Balaban J connectivity index is 2.79. The van der Waals surface area contributed by atoms with E-state index in [0.29, 0.717) is 11.2 Å². The molecule has 0 radical (unpaired) electrons. The maximum atomic E-state index is 10.8. The summed E-state index contributed by atoms with van der Waals surface area (Å²) < 4.78 is 2.20. The lowest BCUT2D eigenvalue weighted by Gasteiger charge is -1.92. The van der Waals surface area contributed by atoms with Gasteiger partial charge < -0.3 is 5.11 Å². The van der Waals surface area contributed by atoms with Crippen molar-refractivity contribution in [3.8, 4) is 0 Å². The van der Waals surface area contributed by atoms with Gasteiger partial charge in [0, 0.05) is 18.0 Å². The van der Waals surface area contributed by atoms with Gasteiger partial charge in [-0.25, -0.2) is 14.3 Å². The lowest BCUT2D eigenvalue weighted by atomic mass is 10.3.